The van der Waals surface area contributed by atoms with Gasteiger partial charge in [0, 0.05) is 25.6 Å². The SMILES string of the molecule is CNC(=O)CCSCCC(C)(F)F. The van der Waals surface area contributed by atoms with Crippen LogP contribution in [0.5, 0.6) is 0 Å². The maximum Gasteiger partial charge on any atom is 0.246 e. The van der Waals surface area contributed by atoms with Crippen molar-refractivity contribution in [3.05, 3.63) is 0 Å². The molecule has 0 saturated carbocycles. The van der Waals surface area contributed by atoms with E-state index in [1.54, 1.807) is 7.05 Å². The van der Waals surface area contributed by atoms with Crippen LogP contribution in [0.25, 0.3) is 0 Å². The van der Waals surface area contributed by atoms with Crippen molar-refractivity contribution in [2.45, 2.75) is 25.7 Å². The summed E-state index contributed by atoms with van der Waals surface area (Å²) in [6, 6.07) is 0. The molecule has 5 heteroatoms. The highest BCUT2D eigenvalue weighted by Gasteiger charge is 2.19. The van der Waals surface area contributed by atoms with E-state index >= 15 is 0 Å². The van der Waals surface area contributed by atoms with Gasteiger partial charge >= 0.3 is 0 Å². The Morgan fingerprint density at radius 2 is 2.08 bits per heavy atom. The van der Waals surface area contributed by atoms with E-state index in [9.17, 15) is 13.6 Å². The summed E-state index contributed by atoms with van der Waals surface area (Å²) in [5.74, 6) is -1.62. The van der Waals surface area contributed by atoms with Crippen LogP contribution in [-0.4, -0.2) is 30.4 Å². The van der Waals surface area contributed by atoms with Crippen LogP contribution in [0.4, 0.5) is 8.78 Å². The van der Waals surface area contributed by atoms with E-state index in [2.05, 4.69) is 5.32 Å². The fourth-order valence-corrected chi connectivity index (χ4v) is 1.68. The number of nitrogens with one attached hydrogen (secondary N) is 1. The molecule has 0 radical (unpaired) electrons. The molecule has 1 amide bonds. The minimum Gasteiger partial charge on any atom is -0.359 e. The Balaban J connectivity index is 3.22. The molecule has 0 bridgehead atoms. The maximum atomic E-state index is 12.3. The molecule has 1 N–H and O–H groups in total. The molecule has 0 aliphatic rings. The maximum absolute atomic E-state index is 12.3. The van der Waals surface area contributed by atoms with Crippen LogP contribution >= 0.6 is 11.8 Å². The predicted octanol–water partition coefficient (Wildman–Crippen LogP) is 1.90. The molecule has 0 aromatic carbocycles. The van der Waals surface area contributed by atoms with E-state index in [1.165, 1.54) is 11.8 Å². The van der Waals surface area contributed by atoms with Crippen molar-refractivity contribution in [3.63, 3.8) is 0 Å². The molecule has 0 fully saturated rings. The van der Waals surface area contributed by atoms with Crippen molar-refractivity contribution >= 4 is 17.7 Å². The number of thioether (sulfide) groups is 1. The van der Waals surface area contributed by atoms with E-state index in [1.807, 2.05) is 0 Å². The number of amides is 1. The average molecular weight is 211 g/mol. The van der Waals surface area contributed by atoms with Crippen molar-refractivity contribution in [1.29, 1.82) is 0 Å². The Labute approximate surface area is 81.5 Å². The van der Waals surface area contributed by atoms with Crippen molar-refractivity contribution < 1.29 is 13.6 Å². The van der Waals surface area contributed by atoms with Crippen molar-refractivity contribution in [2.75, 3.05) is 18.6 Å². The Morgan fingerprint density at radius 3 is 2.54 bits per heavy atom. The zero-order chi connectivity index (χ0) is 10.3. The summed E-state index contributed by atoms with van der Waals surface area (Å²) >= 11 is 1.38. The van der Waals surface area contributed by atoms with Crippen LogP contribution in [0.2, 0.25) is 0 Å². The average Bonchev–Trinajstić information content (AvgIpc) is 2.01. The van der Waals surface area contributed by atoms with Crippen LogP contribution in [0.1, 0.15) is 19.8 Å². The van der Waals surface area contributed by atoms with Gasteiger partial charge in [0.15, 0.2) is 0 Å². The molecule has 0 aromatic heterocycles. The van der Waals surface area contributed by atoms with E-state index in [-0.39, 0.29) is 12.3 Å². The van der Waals surface area contributed by atoms with Crippen molar-refractivity contribution in [3.8, 4) is 0 Å². The Morgan fingerprint density at radius 1 is 1.46 bits per heavy atom. The van der Waals surface area contributed by atoms with Crippen molar-refractivity contribution in [1.82, 2.24) is 5.32 Å². The second-order valence-corrected chi connectivity index (χ2v) is 4.08. The monoisotopic (exact) mass is 211 g/mol. The smallest absolute Gasteiger partial charge is 0.246 e. The van der Waals surface area contributed by atoms with Gasteiger partial charge in [-0.1, -0.05) is 0 Å². The molecule has 78 valence electrons. The highest BCUT2D eigenvalue weighted by molar-refractivity contribution is 7.99. The number of carbonyl (C=O) groups excluding carboxylic acids is 1. The normalized spacial score (nSPS) is 11.4. The second kappa shape index (κ2) is 6.18. The largest absolute Gasteiger partial charge is 0.359 e. The minimum absolute atomic E-state index is 0.0456. The third-order valence-electron chi connectivity index (χ3n) is 1.44. The van der Waals surface area contributed by atoms with Gasteiger partial charge in [0.05, 0.1) is 0 Å². The predicted molar refractivity (Wildman–Crippen MR) is 51.2 cm³/mol. The molecule has 0 heterocycles. The highest BCUT2D eigenvalue weighted by Crippen LogP contribution is 2.19. The molecule has 0 saturated heterocycles. The fraction of sp³-hybridized carbons (Fsp3) is 0.875. The Bertz CT molecular complexity index is 159. The van der Waals surface area contributed by atoms with E-state index in [4.69, 9.17) is 0 Å². The van der Waals surface area contributed by atoms with Gasteiger partial charge in [-0.3, -0.25) is 4.79 Å². The van der Waals surface area contributed by atoms with E-state index in [0.717, 1.165) is 6.92 Å². The quantitative estimate of drug-likeness (QED) is 0.680. The number of alkyl halides is 2. The summed E-state index contributed by atoms with van der Waals surface area (Å²) in [6.07, 6.45) is 0.280. The molecule has 2 nitrogen and oxygen atoms in total. The molecule has 0 spiro atoms. The topological polar surface area (TPSA) is 29.1 Å². The molecule has 0 aliphatic carbocycles. The first kappa shape index (κ1) is 12.7. The standard InChI is InChI=1S/C8H15F2NOS/c1-8(9,10)4-6-13-5-3-7(12)11-2/h3-6H2,1-2H3,(H,11,12). The summed E-state index contributed by atoms with van der Waals surface area (Å²) in [4.78, 5) is 10.7. The summed E-state index contributed by atoms with van der Waals surface area (Å²) in [5.41, 5.74) is 0. The molecule has 0 atom stereocenters. The van der Waals surface area contributed by atoms with Gasteiger partial charge in [0.1, 0.15) is 0 Å². The molecule has 13 heavy (non-hydrogen) atoms. The van der Waals surface area contributed by atoms with Gasteiger partial charge in [0.25, 0.3) is 0 Å². The number of carbonyl (C=O) groups is 1. The summed E-state index contributed by atoms with van der Waals surface area (Å²) < 4.78 is 24.6. The number of hydrogen-bond donors (Lipinski definition) is 1. The van der Waals surface area contributed by atoms with Gasteiger partial charge in [0.2, 0.25) is 11.8 Å². The fourth-order valence-electron chi connectivity index (χ4n) is 0.643. The number of rotatable bonds is 6. The van der Waals surface area contributed by atoms with Gasteiger partial charge < -0.3 is 5.32 Å². The second-order valence-electron chi connectivity index (χ2n) is 2.86. The van der Waals surface area contributed by atoms with Crippen molar-refractivity contribution in [2.24, 2.45) is 0 Å². The van der Waals surface area contributed by atoms with Gasteiger partial charge in [-0.2, -0.15) is 11.8 Å². The lowest BCUT2D eigenvalue weighted by Gasteiger charge is -2.08. The molecule has 0 aliphatic heterocycles. The number of halogens is 2. The summed E-state index contributed by atoms with van der Waals surface area (Å²) in [6.45, 7) is 0.909. The number of hydrogen-bond acceptors (Lipinski definition) is 2. The highest BCUT2D eigenvalue weighted by atomic mass is 32.2. The van der Waals surface area contributed by atoms with E-state index < -0.39 is 5.92 Å². The third kappa shape index (κ3) is 9.60. The Kier molecular flexibility index (Phi) is 6.03. The minimum atomic E-state index is -2.58. The van der Waals surface area contributed by atoms with E-state index in [0.29, 0.717) is 17.9 Å². The molecular formula is C8H15F2NOS. The molecule has 0 aromatic rings. The van der Waals surface area contributed by atoms with Gasteiger partial charge in [-0.15, -0.1) is 0 Å². The zero-order valence-corrected chi connectivity index (χ0v) is 8.72. The van der Waals surface area contributed by atoms with Crippen LogP contribution < -0.4 is 5.32 Å². The summed E-state index contributed by atoms with van der Waals surface area (Å²) in [7, 11) is 1.56. The third-order valence-corrected chi connectivity index (χ3v) is 2.42. The lowest BCUT2D eigenvalue weighted by molar-refractivity contribution is -0.120. The zero-order valence-electron chi connectivity index (χ0n) is 7.90. The van der Waals surface area contributed by atoms with Crippen LogP contribution in [0.15, 0.2) is 0 Å². The molecule has 0 rings (SSSR count). The Hall–Kier alpha value is -0.320. The first-order valence-electron chi connectivity index (χ1n) is 4.12. The lowest BCUT2D eigenvalue weighted by Crippen LogP contribution is -2.18. The molecule has 0 unspecified atom stereocenters. The van der Waals surface area contributed by atoms with Crippen LogP contribution in [0, 0.1) is 0 Å². The molecular weight excluding hydrogens is 196 g/mol. The first-order chi connectivity index (χ1) is 5.95. The van der Waals surface area contributed by atoms with Gasteiger partial charge in [-0.25, -0.2) is 8.78 Å². The summed E-state index contributed by atoms with van der Waals surface area (Å²) in [5, 5.41) is 2.47. The lowest BCUT2D eigenvalue weighted by atomic mass is 10.3. The van der Waals surface area contributed by atoms with Gasteiger partial charge in [-0.05, 0) is 12.7 Å². The van der Waals surface area contributed by atoms with Crippen LogP contribution in [0.3, 0.4) is 0 Å². The first-order valence-corrected chi connectivity index (χ1v) is 5.27. The van der Waals surface area contributed by atoms with Crippen LogP contribution in [-0.2, 0) is 4.79 Å².